The van der Waals surface area contributed by atoms with E-state index in [-0.39, 0.29) is 17.3 Å². The summed E-state index contributed by atoms with van der Waals surface area (Å²) in [6, 6.07) is 9.98. The van der Waals surface area contributed by atoms with Gasteiger partial charge in [0.1, 0.15) is 5.56 Å². The third-order valence-electron chi connectivity index (χ3n) is 2.81. The van der Waals surface area contributed by atoms with Gasteiger partial charge < -0.3 is 4.74 Å². The maximum atomic E-state index is 12.0. The molecule has 0 aliphatic heterocycles. The predicted octanol–water partition coefficient (Wildman–Crippen LogP) is 3.21. The number of anilines is 2. The van der Waals surface area contributed by atoms with Gasteiger partial charge in [-0.05, 0) is 24.3 Å². The van der Waals surface area contributed by atoms with Crippen LogP contribution in [0.25, 0.3) is 0 Å². The first-order valence-corrected chi connectivity index (χ1v) is 6.52. The molecule has 0 aliphatic carbocycles. The molecule has 0 spiro atoms. The van der Waals surface area contributed by atoms with Gasteiger partial charge in [0.2, 0.25) is 5.91 Å². The Bertz CT molecular complexity index is 688. The van der Waals surface area contributed by atoms with Gasteiger partial charge in [-0.2, -0.15) is 0 Å². The summed E-state index contributed by atoms with van der Waals surface area (Å²) in [6.07, 6.45) is 1.49. The van der Waals surface area contributed by atoms with Gasteiger partial charge in [0.25, 0.3) is 0 Å². The highest BCUT2D eigenvalue weighted by molar-refractivity contribution is 6.34. The fraction of sp³-hybridized carbons (Fsp3) is 0.133. The molecule has 21 heavy (non-hydrogen) atoms. The molecule has 0 saturated heterocycles. The number of methoxy groups -OCH3 is 1. The highest BCUT2D eigenvalue weighted by atomic mass is 35.5. The van der Waals surface area contributed by atoms with Gasteiger partial charge in [0.05, 0.1) is 17.8 Å². The van der Waals surface area contributed by atoms with Crippen molar-refractivity contribution >= 4 is 35.0 Å². The number of halogens is 1. The second-order valence-electron chi connectivity index (χ2n) is 4.17. The zero-order valence-electron chi connectivity index (χ0n) is 11.5. The van der Waals surface area contributed by atoms with Crippen LogP contribution < -0.4 is 4.90 Å². The molecule has 0 atom stereocenters. The van der Waals surface area contributed by atoms with Crippen molar-refractivity contribution in [1.29, 1.82) is 0 Å². The van der Waals surface area contributed by atoms with Gasteiger partial charge in [-0.3, -0.25) is 9.69 Å². The molecule has 1 aromatic carbocycles. The van der Waals surface area contributed by atoms with E-state index in [2.05, 4.69) is 4.98 Å². The lowest BCUT2D eigenvalue weighted by Gasteiger charge is -2.22. The van der Waals surface area contributed by atoms with Gasteiger partial charge in [0, 0.05) is 13.1 Å². The summed E-state index contributed by atoms with van der Waals surface area (Å²) in [6.45, 7) is 1.37. The number of nitrogens with zero attached hydrogens (tertiary/aromatic N) is 2. The molecule has 0 unspecified atom stereocenters. The Balaban J connectivity index is 2.63. The lowest BCUT2D eigenvalue weighted by molar-refractivity contribution is -0.115. The van der Waals surface area contributed by atoms with Crippen LogP contribution in [-0.4, -0.2) is 24.0 Å². The molecule has 108 valence electrons. The summed E-state index contributed by atoms with van der Waals surface area (Å²) < 4.78 is 4.72. The summed E-state index contributed by atoms with van der Waals surface area (Å²) in [4.78, 5) is 29.3. The molecule has 0 fully saturated rings. The number of aromatic nitrogens is 1. The molecule has 0 bridgehead atoms. The summed E-state index contributed by atoms with van der Waals surface area (Å²) >= 11 is 6.14. The smallest absolute Gasteiger partial charge is 0.341 e. The lowest BCUT2D eigenvalue weighted by atomic mass is 10.2. The minimum atomic E-state index is -0.573. The Kier molecular flexibility index (Phi) is 4.55. The number of amides is 1. The number of rotatable bonds is 3. The number of carbonyl (C=O) groups is 2. The Morgan fingerprint density at radius 3 is 2.52 bits per heavy atom. The quantitative estimate of drug-likeness (QED) is 0.817. The van der Waals surface area contributed by atoms with Crippen molar-refractivity contribution in [3.05, 3.63) is 53.2 Å². The summed E-state index contributed by atoms with van der Waals surface area (Å²) in [5.74, 6) is -0.701. The topological polar surface area (TPSA) is 59.5 Å². The third kappa shape index (κ3) is 3.03. The van der Waals surface area contributed by atoms with Crippen molar-refractivity contribution in [3.8, 4) is 0 Å². The molecule has 1 heterocycles. The first-order chi connectivity index (χ1) is 10.1. The van der Waals surface area contributed by atoms with Crippen molar-refractivity contribution in [2.24, 2.45) is 0 Å². The molecule has 0 N–H and O–H groups in total. The lowest BCUT2D eigenvalue weighted by Crippen LogP contribution is -2.26. The number of ether oxygens (including phenoxy) is 1. The molecule has 1 aromatic heterocycles. The second-order valence-corrected chi connectivity index (χ2v) is 4.58. The third-order valence-corrected chi connectivity index (χ3v) is 3.13. The van der Waals surface area contributed by atoms with Crippen molar-refractivity contribution in [2.45, 2.75) is 6.92 Å². The minimum absolute atomic E-state index is 0.185. The molecule has 0 saturated carbocycles. The van der Waals surface area contributed by atoms with Crippen LogP contribution >= 0.6 is 11.6 Å². The van der Waals surface area contributed by atoms with E-state index in [0.717, 1.165) is 0 Å². The maximum absolute atomic E-state index is 12.0. The molecule has 0 radical (unpaired) electrons. The molecule has 6 heteroatoms. The number of carbonyl (C=O) groups excluding carboxylic acids is 2. The Hall–Kier alpha value is -2.40. The average molecular weight is 305 g/mol. The van der Waals surface area contributed by atoms with Crippen molar-refractivity contribution in [1.82, 2.24) is 4.98 Å². The van der Waals surface area contributed by atoms with E-state index in [4.69, 9.17) is 16.3 Å². The first kappa shape index (κ1) is 15.0. The number of pyridine rings is 1. The first-order valence-electron chi connectivity index (χ1n) is 6.14. The average Bonchev–Trinajstić information content (AvgIpc) is 2.49. The van der Waals surface area contributed by atoms with Crippen LogP contribution in [0, 0.1) is 0 Å². The number of hydrogen-bond acceptors (Lipinski definition) is 4. The zero-order chi connectivity index (χ0) is 15.4. The highest BCUT2D eigenvalue weighted by Gasteiger charge is 2.24. The number of hydrogen-bond donors (Lipinski definition) is 0. The van der Waals surface area contributed by atoms with Crippen LogP contribution in [0.2, 0.25) is 5.02 Å². The molecule has 1 amide bonds. The van der Waals surface area contributed by atoms with Crippen LogP contribution in [0.3, 0.4) is 0 Å². The fourth-order valence-electron chi connectivity index (χ4n) is 1.91. The Morgan fingerprint density at radius 1 is 1.19 bits per heavy atom. The van der Waals surface area contributed by atoms with Gasteiger partial charge in [-0.25, -0.2) is 9.78 Å². The zero-order valence-corrected chi connectivity index (χ0v) is 12.3. The van der Waals surface area contributed by atoms with Gasteiger partial charge in [0.15, 0.2) is 5.82 Å². The van der Waals surface area contributed by atoms with E-state index in [1.54, 1.807) is 36.4 Å². The van der Waals surface area contributed by atoms with E-state index in [1.807, 2.05) is 0 Å². The fourth-order valence-corrected chi connectivity index (χ4v) is 2.13. The maximum Gasteiger partial charge on any atom is 0.341 e. The molecule has 2 rings (SSSR count). The van der Waals surface area contributed by atoms with Crippen molar-refractivity contribution in [3.63, 3.8) is 0 Å². The standard InChI is InChI=1S/C15H13ClN2O3/c1-10(19)18(13-8-4-3-7-12(13)16)14-11(15(20)21-2)6-5-9-17-14/h3-9H,1-2H3. The molecule has 2 aromatic rings. The molecule has 5 nitrogen and oxygen atoms in total. The predicted molar refractivity (Wildman–Crippen MR) is 79.8 cm³/mol. The van der Waals surface area contributed by atoms with Crippen LogP contribution in [0.5, 0.6) is 0 Å². The van der Waals surface area contributed by atoms with Crippen LogP contribution in [-0.2, 0) is 9.53 Å². The van der Waals surface area contributed by atoms with Crippen molar-refractivity contribution in [2.75, 3.05) is 12.0 Å². The van der Waals surface area contributed by atoms with E-state index < -0.39 is 5.97 Å². The van der Waals surface area contributed by atoms with E-state index >= 15 is 0 Å². The summed E-state index contributed by atoms with van der Waals surface area (Å²) in [5, 5.41) is 0.383. The van der Waals surface area contributed by atoms with Crippen LogP contribution in [0.15, 0.2) is 42.6 Å². The van der Waals surface area contributed by atoms with Gasteiger partial charge >= 0.3 is 5.97 Å². The number of esters is 1. The molecular formula is C15H13ClN2O3. The highest BCUT2D eigenvalue weighted by Crippen LogP contribution is 2.32. The minimum Gasteiger partial charge on any atom is -0.465 e. The van der Waals surface area contributed by atoms with Crippen LogP contribution in [0.1, 0.15) is 17.3 Å². The SMILES string of the molecule is COC(=O)c1cccnc1N(C(C)=O)c1ccccc1Cl. The number of benzene rings is 1. The number of para-hydroxylation sites is 1. The van der Waals surface area contributed by atoms with E-state index in [1.165, 1.54) is 25.1 Å². The largest absolute Gasteiger partial charge is 0.465 e. The van der Waals surface area contributed by atoms with Gasteiger partial charge in [-0.1, -0.05) is 23.7 Å². The van der Waals surface area contributed by atoms with Gasteiger partial charge in [-0.15, -0.1) is 0 Å². The summed E-state index contributed by atoms with van der Waals surface area (Å²) in [5.41, 5.74) is 0.644. The van der Waals surface area contributed by atoms with E-state index in [0.29, 0.717) is 10.7 Å². The normalized spacial score (nSPS) is 10.0. The molecular weight excluding hydrogens is 292 g/mol. The monoisotopic (exact) mass is 304 g/mol. The van der Waals surface area contributed by atoms with Crippen LogP contribution in [0.4, 0.5) is 11.5 Å². The Morgan fingerprint density at radius 2 is 1.90 bits per heavy atom. The summed E-state index contributed by atoms with van der Waals surface area (Å²) in [7, 11) is 1.27. The second kappa shape index (κ2) is 6.37. The van der Waals surface area contributed by atoms with Crippen molar-refractivity contribution < 1.29 is 14.3 Å². The van der Waals surface area contributed by atoms with E-state index in [9.17, 15) is 9.59 Å². The molecule has 0 aliphatic rings. The Labute approximate surface area is 127 Å².